The van der Waals surface area contributed by atoms with E-state index in [-0.39, 0.29) is 0 Å². The molecule has 1 saturated carbocycles. The third-order valence-electron chi connectivity index (χ3n) is 3.65. The van der Waals surface area contributed by atoms with E-state index in [4.69, 9.17) is 0 Å². The zero-order chi connectivity index (χ0) is 15.3. The topological polar surface area (TPSA) is 61.4 Å². The average molecular weight is 332 g/mol. The first-order valence-corrected chi connectivity index (χ1v) is 9.95. The van der Waals surface area contributed by atoms with Crippen LogP contribution in [0, 0.1) is 0 Å². The molecular formula is C14H25N3O2S2. The number of rotatable bonds is 10. The standard InChI is InChI=1S/C14H25N3O2S2/c1-3-15-10-13-9-14(11-20-13)21(18,19)16-7-8-17(4-2)12-5-6-12/h9,11-12,15-16H,3-8,10H2,1-2H3. The van der Waals surface area contributed by atoms with Gasteiger partial charge in [0.05, 0.1) is 4.90 Å². The second-order valence-electron chi connectivity index (χ2n) is 5.29. The van der Waals surface area contributed by atoms with E-state index in [0.717, 1.165) is 31.1 Å². The molecule has 1 aliphatic carbocycles. The van der Waals surface area contributed by atoms with Gasteiger partial charge in [-0.05, 0) is 32.0 Å². The first kappa shape index (κ1) is 16.9. The van der Waals surface area contributed by atoms with Crippen LogP contribution in [0.25, 0.3) is 0 Å². The van der Waals surface area contributed by atoms with Crippen LogP contribution in [0.15, 0.2) is 16.3 Å². The van der Waals surface area contributed by atoms with Gasteiger partial charge in [0.25, 0.3) is 0 Å². The third kappa shape index (κ3) is 5.03. The molecule has 0 spiro atoms. The molecule has 0 unspecified atom stereocenters. The molecule has 0 atom stereocenters. The van der Waals surface area contributed by atoms with Gasteiger partial charge in [0.1, 0.15) is 0 Å². The van der Waals surface area contributed by atoms with Gasteiger partial charge in [0.15, 0.2) is 0 Å². The number of sulfonamides is 1. The normalized spacial score (nSPS) is 15.8. The third-order valence-corrected chi connectivity index (χ3v) is 6.18. The van der Waals surface area contributed by atoms with E-state index >= 15 is 0 Å². The van der Waals surface area contributed by atoms with Crippen LogP contribution in [0.5, 0.6) is 0 Å². The highest BCUT2D eigenvalue weighted by atomic mass is 32.2. The highest BCUT2D eigenvalue weighted by Crippen LogP contribution is 2.26. The Bertz CT molecular complexity index is 538. The fourth-order valence-corrected chi connectivity index (χ4v) is 4.55. The van der Waals surface area contributed by atoms with Gasteiger partial charge < -0.3 is 5.32 Å². The van der Waals surface area contributed by atoms with Gasteiger partial charge in [0.2, 0.25) is 10.0 Å². The Balaban J connectivity index is 1.84. The van der Waals surface area contributed by atoms with Crippen molar-refractivity contribution in [3.05, 3.63) is 16.3 Å². The van der Waals surface area contributed by atoms with Crippen molar-refractivity contribution >= 4 is 21.4 Å². The number of likely N-dealkylation sites (N-methyl/N-ethyl adjacent to an activating group) is 1. The highest BCUT2D eigenvalue weighted by Gasteiger charge is 2.27. The zero-order valence-electron chi connectivity index (χ0n) is 12.8. The van der Waals surface area contributed by atoms with Crippen molar-refractivity contribution in [2.45, 2.75) is 44.2 Å². The molecule has 0 aromatic carbocycles. The van der Waals surface area contributed by atoms with Crippen LogP contribution in [0.1, 0.15) is 31.6 Å². The van der Waals surface area contributed by atoms with E-state index in [9.17, 15) is 8.42 Å². The summed E-state index contributed by atoms with van der Waals surface area (Å²) in [4.78, 5) is 3.77. The molecule has 2 rings (SSSR count). The highest BCUT2D eigenvalue weighted by molar-refractivity contribution is 7.89. The predicted molar refractivity (Wildman–Crippen MR) is 87.2 cm³/mol. The second-order valence-corrected chi connectivity index (χ2v) is 8.05. The number of hydrogen-bond donors (Lipinski definition) is 2. The Kier molecular flexibility index (Phi) is 6.19. The van der Waals surface area contributed by atoms with Gasteiger partial charge in [-0.25, -0.2) is 13.1 Å². The molecule has 7 heteroatoms. The van der Waals surface area contributed by atoms with Crippen molar-refractivity contribution < 1.29 is 8.42 Å². The Hall–Kier alpha value is -0.470. The first-order valence-electron chi connectivity index (χ1n) is 7.58. The summed E-state index contributed by atoms with van der Waals surface area (Å²) in [5, 5.41) is 4.92. The van der Waals surface area contributed by atoms with Gasteiger partial charge in [-0.15, -0.1) is 11.3 Å². The number of hydrogen-bond acceptors (Lipinski definition) is 5. The lowest BCUT2D eigenvalue weighted by Gasteiger charge is -2.19. The SMILES string of the molecule is CCNCc1cc(S(=O)(=O)NCCN(CC)C2CC2)cs1. The Labute approximate surface area is 131 Å². The van der Waals surface area contributed by atoms with E-state index in [0.29, 0.717) is 17.5 Å². The van der Waals surface area contributed by atoms with E-state index in [2.05, 4.69) is 21.9 Å². The minimum atomic E-state index is -3.37. The monoisotopic (exact) mass is 331 g/mol. The fraction of sp³-hybridized carbons (Fsp3) is 0.714. The summed E-state index contributed by atoms with van der Waals surface area (Å²) in [6.07, 6.45) is 2.50. The zero-order valence-corrected chi connectivity index (χ0v) is 14.4. The van der Waals surface area contributed by atoms with Crippen molar-refractivity contribution in [2.24, 2.45) is 0 Å². The lowest BCUT2D eigenvalue weighted by Crippen LogP contribution is -2.36. The van der Waals surface area contributed by atoms with Crippen LogP contribution in [-0.4, -0.2) is 45.5 Å². The predicted octanol–water partition coefficient (Wildman–Crippen LogP) is 1.62. The maximum atomic E-state index is 12.2. The van der Waals surface area contributed by atoms with Crippen molar-refractivity contribution in [1.82, 2.24) is 14.9 Å². The molecule has 0 saturated heterocycles. The van der Waals surface area contributed by atoms with Crippen molar-refractivity contribution in [3.63, 3.8) is 0 Å². The minimum Gasteiger partial charge on any atom is -0.312 e. The molecule has 1 heterocycles. The summed E-state index contributed by atoms with van der Waals surface area (Å²) in [6, 6.07) is 2.43. The van der Waals surface area contributed by atoms with Crippen LogP contribution in [-0.2, 0) is 16.6 Å². The summed E-state index contributed by atoms with van der Waals surface area (Å²) < 4.78 is 27.2. The van der Waals surface area contributed by atoms with Crippen LogP contribution in [0.3, 0.4) is 0 Å². The smallest absolute Gasteiger partial charge is 0.241 e. The number of nitrogens with zero attached hydrogens (tertiary/aromatic N) is 1. The van der Waals surface area contributed by atoms with E-state index in [1.165, 1.54) is 24.2 Å². The van der Waals surface area contributed by atoms with Gasteiger partial charge in [0, 0.05) is 35.9 Å². The summed E-state index contributed by atoms with van der Waals surface area (Å²) in [6.45, 7) is 8.01. The Morgan fingerprint density at radius 3 is 2.76 bits per heavy atom. The molecule has 0 radical (unpaired) electrons. The Morgan fingerprint density at radius 1 is 1.38 bits per heavy atom. The van der Waals surface area contributed by atoms with Gasteiger partial charge >= 0.3 is 0 Å². The van der Waals surface area contributed by atoms with Gasteiger partial charge in [-0.1, -0.05) is 13.8 Å². The summed E-state index contributed by atoms with van der Waals surface area (Å²) in [7, 11) is -3.37. The number of thiophene rings is 1. The first-order chi connectivity index (χ1) is 10.1. The maximum Gasteiger partial charge on any atom is 0.241 e. The largest absolute Gasteiger partial charge is 0.312 e. The molecule has 1 aliphatic rings. The average Bonchev–Trinajstić information content (AvgIpc) is 3.18. The van der Waals surface area contributed by atoms with Crippen LogP contribution in [0.2, 0.25) is 0 Å². The molecule has 120 valence electrons. The molecule has 0 aliphatic heterocycles. The molecule has 1 aromatic heterocycles. The van der Waals surface area contributed by atoms with Crippen LogP contribution < -0.4 is 10.0 Å². The number of nitrogens with one attached hydrogen (secondary N) is 2. The molecule has 0 amide bonds. The molecule has 0 bridgehead atoms. The maximum absolute atomic E-state index is 12.2. The van der Waals surface area contributed by atoms with E-state index in [1.54, 1.807) is 11.4 Å². The fourth-order valence-electron chi connectivity index (χ4n) is 2.29. The molecular weight excluding hydrogens is 306 g/mol. The quantitative estimate of drug-likeness (QED) is 0.684. The molecule has 1 fully saturated rings. The lowest BCUT2D eigenvalue weighted by atomic mass is 10.4. The van der Waals surface area contributed by atoms with Crippen LogP contribution >= 0.6 is 11.3 Å². The minimum absolute atomic E-state index is 0.384. The summed E-state index contributed by atoms with van der Waals surface area (Å²) in [5.74, 6) is 0. The van der Waals surface area contributed by atoms with Crippen molar-refractivity contribution in [2.75, 3.05) is 26.2 Å². The van der Waals surface area contributed by atoms with Crippen molar-refractivity contribution in [3.8, 4) is 0 Å². The molecule has 2 N–H and O–H groups in total. The summed E-state index contributed by atoms with van der Waals surface area (Å²) >= 11 is 1.48. The van der Waals surface area contributed by atoms with Gasteiger partial charge in [-0.3, -0.25) is 4.90 Å². The molecule has 5 nitrogen and oxygen atoms in total. The van der Waals surface area contributed by atoms with E-state index in [1.807, 2.05) is 6.92 Å². The Morgan fingerprint density at radius 2 is 2.14 bits per heavy atom. The second kappa shape index (κ2) is 7.69. The molecule has 1 aromatic rings. The van der Waals surface area contributed by atoms with Crippen LogP contribution in [0.4, 0.5) is 0 Å². The molecule has 21 heavy (non-hydrogen) atoms. The van der Waals surface area contributed by atoms with Gasteiger partial charge in [-0.2, -0.15) is 0 Å². The van der Waals surface area contributed by atoms with Crippen molar-refractivity contribution in [1.29, 1.82) is 0 Å². The lowest BCUT2D eigenvalue weighted by molar-refractivity contribution is 0.282. The summed E-state index contributed by atoms with van der Waals surface area (Å²) in [5.41, 5.74) is 0. The van der Waals surface area contributed by atoms with E-state index < -0.39 is 10.0 Å².